The first-order valence-corrected chi connectivity index (χ1v) is 4.12. The second kappa shape index (κ2) is 4.43. The van der Waals surface area contributed by atoms with Crippen LogP contribution in [0.1, 0.15) is 5.82 Å². The topological polar surface area (TPSA) is 54.2 Å². The van der Waals surface area contributed by atoms with Crippen molar-refractivity contribution in [3.63, 3.8) is 0 Å². The van der Waals surface area contributed by atoms with Gasteiger partial charge >= 0.3 is 6.01 Å². The molecule has 0 unspecified atom stereocenters. The fourth-order valence-corrected chi connectivity index (χ4v) is 1.27. The van der Waals surface area contributed by atoms with E-state index < -0.39 is 0 Å². The van der Waals surface area contributed by atoms with Gasteiger partial charge in [-0.25, -0.2) is 0 Å². The lowest BCUT2D eigenvalue weighted by Crippen LogP contribution is -2.43. The Balaban J connectivity index is 0.000000845. The van der Waals surface area contributed by atoms with Crippen LogP contribution in [0.3, 0.4) is 0 Å². The average Bonchev–Trinajstić information content (AvgIpc) is 2.54. The summed E-state index contributed by atoms with van der Waals surface area (Å²) in [5.41, 5.74) is 0. The summed E-state index contributed by atoms with van der Waals surface area (Å²) < 4.78 is 5.04. The zero-order valence-electron chi connectivity index (χ0n) is 7.49. The van der Waals surface area contributed by atoms with E-state index in [9.17, 15) is 0 Å². The maximum absolute atomic E-state index is 5.04. The molecule has 1 aromatic heterocycles. The Morgan fingerprint density at radius 1 is 1.38 bits per heavy atom. The van der Waals surface area contributed by atoms with Crippen molar-refractivity contribution in [3.8, 4) is 0 Å². The summed E-state index contributed by atoms with van der Waals surface area (Å²) in [5.74, 6) is 0.698. The third kappa shape index (κ3) is 2.32. The molecule has 1 saturated heterocycles. The molecule has 0 aliphatic carbocycles. The molecule has 5 nitrogen and oxygen atoms in total. The molecule has 0 aromatic carbocycles. The van der Waals surface area contributed by atoms with Crippen molar-refractivity contribution in [1.29, 1.82) is 0 Å². The van der Waals surface area contributed by atoms with Crippen molar-refractivity contribution in [1.82, 2.24) is 15.5 Å². The third-order valence-electron chi connectivity index (χ3n) is 1.90. The van der Waals surface area contributed by atoms with E-state index in [1.54, 1.807) is 0 Å². The van der Waals surface area contributed by atoms with Crippen LogP contribution in [0.25, 0.3) is 0 Å². The van der Waals surface area contributed by atoms with Gasteiger partial charge in [0.15, 0.2) is 5.82 Å². The summed E-state index contributed by atoms with van der Waals surface area (Å²) in [4.78, 5) is 6.25. The van der Waals surface area contributed by atoms with Crippen LogP contribution in [0.15, 0.2) is 4.52 Å². The Hall–Kier alpha value is -0.810. The van der Waals surface area contributed by atoms with Crippen LogP contribution in [0.2, 0.25) is 0 Å². The predicted octanol–water partition coefficient (Wildman–Crippen LogP) is 0.209. The summed E-state index contributed by atoms with van der Waals surface area (Å²) in [6, 6.07) is 0.647. The molecule has 0 radical (unpaired) electrons. The number of rotatable bonds is 1. The maximum Gasteiger partial charge on any atom is 0.324 e. The van der Waals surface area contributed by atoms with Crippen molar-refractivity contribution in [2.24, 2.45) is 0 Å². The highest BCUT2D eigenvalue weighted by Gasteiger charge is 2.15. The highest BCUT2D eigenvalue weighted by molar-refractivity contribution is 5.85. The van der Waals surface area contributed by atoms with Gasteiger partial charge in [-0.2, -0.15) is 4.98 Å². The molecule has 0 bridgehead atoms. The van der Waals surface area contributed by atoms with Crippen LogP contribution < -0.4 is 10.2 Å². The third-order valence-corrected chi connectivity index (χ3v) is 1.90. The van der Waals surface area contributed by atoms with Gasteiger partial charge in [-0.15, -0.1) is 12.4 Å². The largest absolute Gasteiger partial charge is 0.324 e. The van der Waals surface area contributed by atoms with Crippen molar-refractivity contribution in [2.45, 2.75) is 6.92 Å². The van der Waals surface area contributed by atoms with E-state index in [1.165, 1.54) is 0 Å². The molecule has 1 aliphatic rings. The molecule has 1 fully saturated rings. The zero-order chi connectivity index (χ0) is 8.39. The number of nitrogens with zero attached hydrogens (tertiary/aromatic N) is 3. The maximum atomic E-state index is 5.04. The van der Waals surface area contributed by atoms with Crippen molar-refractivity contribution in [2.75, 3.05) is 31.1 Å². The van der Waals surface area contributed by atoms with Gasteiger partial charge in [0.05, 0.1) is 0 Å². The van der Waals surface area contributed by atoms with Crippen LogP contribution in [0.4, 0.5) is 6.01 Å². The van der Waals surface area contributed by atoms with Gasteiger partial charge in [0.25, 0.3) is 0 Å². The Kier molecular flexibility index (Phi) is 3.50. The molecule has 1 N–H and O–H groups in total. The van der Waals surface area contributed by atoms with Gasteiger partial charge in [0.2, 0.25) is 0 Å². The normalized spacial score (nSPS) is 16.8. The van der Waals surface area contributed by atoms with E-state index in [0.717, 1.165) is 26.2 Å². The summed E-state index contributed by atoms with van der Waals surface area (Å²) >= 11 is 0. The average molecular weight is 205 g/mol. The predicted molar refractivity (Wildman–Crippen MR) is 51.4 cm³/mol. The van der Waals surface area contributed by atoms with Crippen LogP contribution in [-0.2, 0) is 0 Å². The minimum absolute atomic E-state index is 0. The minimum Gasteiger partial charge on any atom is -0.322 e. The number of hydrogen-bond donors (Lipinski definition) is 1. The van der Waals surface area contributed by atoms with Gasteiger partial charge < -0.3 is 14.7 Å². The Morgan fingerprint density at radius 3 is 2.62 bits per heavy atom. The van der Waals surface area contributed by atoms with Gasteiger partial charge in [-0.1, -0.05) is 5.16 Å². The monoisotopic (exact) mass is 204 g/mol. The first-order chi connectivity index (χ1) is 5.86. The van der Waals surface area contributed by atoms with Crippen molar-refractivity contribution < 1.29 is 4.52 Å². The first-order valence-electron chi connectivity index (χ1n) is 4.12. The van der Waals surface area contributed by atoms with Crippen molar-refractivity contribution in [3.05, 3.63) is 5.82 Å². The fraction of sp³-hybridized carbons (Fsp3) is 0.714. The Labute approximate surface area is 82.9 Å². The van der Waals surface area contributed by atoms with Gasteiger partial charge in [-0.3, -0.25) is 0 Å². The van der Waals surface area contributed by atoms with Gasteiger partial charge in [0, 0.05) is 26.2 Å². The molecule has 0 atom stereocenters. The molecule has 2 rings (SSSR count). The van der Waals surface area contributed by atoms with Gasteiger partial charge in [0.1, 0.15) is 0 Å². The number of hydrogen-bond acceptors (Lipinski definition) is 5. The van der Waals surface area contributed by atoms with Crippen LogP contribution in [0, 0.1) is 6.92 Å². The van der Waals surface area contributed by atoms with Gasteiger partial charge in [-0.05, 0) is 6.92 Å². The number of piperazine rings is 1. The molecule has 2 heterocycles. The summed E-state index contributed by atoms with van der Waals surface area (Å²) in [7, 11) is 0. The van der Waals surface area contributed by atoms with Crippen LogP contribution >= 0.6 is 12.4 Å². The number of nitrogens with one attached hydrogen (secondary N) is 1. The summed E-state index contributed by atoms with van der Waals surface area (Å²) in [6.45, 7) is 5.70. The second-order valence-corrected chi connectivity index (χ2v) is 2.86. The quantitative estimate of drug-likeness (QED) is 0.709. The highest BCUT2D eigenvalue weighted by atomic mass is 35.5. The standard InChI is InChI=1S/C7H12N4O.ClH/c1-6-9-7(12-10-6)11-4-2-8-3-5-11;/h8H,2-5H2,1H3;1H. The van der Waals surface area contributed by atoms with Crippen LogP contribution in [-0.4, -0.2) is 36.3 Å². The molecule has 1 aliphatic heterocycles. The van der Waals surface area contributed by atoms with E-state index in [-0.39, 0.29) is 12.4 Å². The van der Waals surface area contributed by atoms with E-state index in [0.29, 0.717) is 11.8 Å². The number of halogens is 1. The lowest BCUT2D eigenvalue weighted by atomic mass is 10.4. The lowest BCUT2D eigenvalue weighted by molar-refractivity contribution is 0.401. The van der Waals surface area contributed by atoms with Crippen LogP contribution in [0.5, 0.6) is 0 Å². The summed E-state index contributed by atoms with van der Waals surface area (Å²) in [5, 5.41) is 7.00. The molecule has 6 heteroatoms. The van der Waals surface area contributed by atoms with E-state index in [2.05, 4.69) is 20.4 Å². The first kappa shape index (κ1) is 10.3. The lowest BCUT2D eigenvalue weighted by Gasteiger charge is -2.24. The number of aromatic nitrogens is 2. The Bertz CT molecular complexity index is 259. The minimum atomic E-state index is 0. The molecule has 0 spiro atoms. The van der Waals surface area contributed by atoms with Crippen molar-refractivity contribution >= 4 is 18.4 Å². The zero-order valence-corrected chi connectivity index (χ0v) is 8.30. The molecular formula is C7H13ClN4O. The van der Waals surface area contributed by atoms with E-state index >= 15 is 0 Å². The summed E-state index contributed by atoms with van der Waals surface area (Å²) in [6.07, 6.45) is 0. The van der Waals surface area contributed by atoms with E-state index in [4.69, 9.17) is 4.52 Å². The number of aryl methyl sites for hydroxylation is 1. The molecule has 0 saturated carbocycles. The highest BCUT2D eigenvalue weighted by Crippen LogP contribution is 2.10. The number of anilines is 1. The second-order valence-electron chi connectivity index (χ2n) is 2.86. The molecule has 1 aromatic rings. The molecule has 13 heavy (non-hydrogen) atoms. The SMILES string of the molecule is Cc1noc(N2CCNCC2)n1.Cl. The van der Waals surface area contributed by atoms with E-state index in [1.807, 2.05) is 6.92 Å². The molecule has 0 amide bonds. The smallest absolute Gasteiger partial charge is 0.322 e. The fourth-order valence-electron chi connectivity index (χ4n) is 1.27. The molecular weight excluding hydrogens is 192 g/mol. The Morgan fingerprint density at radius 2 is 2.08 bits per heavy atom. The molecule has 74 valence electrons.